The lowest BCUT2D eigenvalue weighted by atomic mass is 9.96. The minimum atomic E-state index is -4.11. The number of hydrogen-bond donors (Lipinski definition) is 1. The van der Waals surface area contributed by atoms with E-state index >= 15 is 0 Å². The quantitative estimate of drug-likeness (QED) is 0.903. The summed E-state index contributed by atoms with van der Waals surface area (Å²) in [7, 11) is 1.69. The van der Waals surface area contributed by atoms with Crippen molar-refractivity contribution in [2.45, 2.75) is 50.9 Å². The van der Waals surface area contributed by atoms with Gasteiger partial charge in [-0.2, -0.15) is 13.2 Å². The van der Waals surface area contributed by atoms with Crippen molar-refractivity contribution in [3.63, 3.8) is 0 Å². The molecule has 1 N–H and O–H groups in total. The first-order valence-corrected chi connectivity index (χ1v) is 6.76. The zero-order chi connectivity index (χ0) is 15.0. The van der Waals surface area contributed by atoms with E-state index in [9.17, 15) is 13.2 Å². The van der Waals surface area contributed by atoms with Gasteiger partial charge < -0.3 is 10.1 Å². The molecule has 5 heteroatoms. The van der Waals surface area contributed by atoms with Crippen molar-refractivity contribution in [2.24, 2.45) is 0 Å². The van der Waals surface area contributed by atoms with Crippen molar-refractivity contribution in [3.8, 4) is 5.75 Å². The van der Waals surface area contributed by atoms with E-state index in [-0.39, 0.29) is 18.1 Å². The number of ether oxygens (including phenoxy) is 1. The maximum absolute atomic E-state index is 12.3. The summed E-state index contributed by atoms with van der Waals surface area (Å²) in [6, 6.07) is 5.38. The third kappa shape index (κ3) is 3.66. The minimum absolute atomic E-state index is 0.0447. The van der Waals surface area contributed by atoms with E-state index in [1.807, 2.05) is 32.0 Å². The van der Waals surface area contributed by atoms with Crippen molar-refractivity contribution in [2.75, 3.05) is 7.05 Å². The molecule has 0 saturated heterocycles. The van der Waals surface area contributed by atoms with E-state index in [1.54, 1.807) is 7.05 Å². The van der Waals surface area contributed by atoms with Crippen LogP contribution in [-0.2, 0) is 6.42 Å². The lowest BCUT2D eigenvalue weighted by Gasteiger charge is -2.18. The van der Waals surface area contributed by atoms with Crippen LogP contribution in [-0.4, -0.2) is 18.8 Å². The van der Waals surface area contributed by atoms with Crippen molar-refractivity contribution in [1.29, 1.82) is 0 Å². The molecule has 0 radical (unpaired) electrons. The van der Waals surface area contributed by atoms with Crippen LogP contribution in [0.3, 0.4) is 0 Å². The Bertz CT molecular complexity index is 482. The van der Waals surface area contributed by atoms with Gasteiger partial charge in [-0.3, -0.25) is 0 Å². The Labute approximate surface area is 117 Å². The second-order valence-electron chi connectivity index (χ2n) is 5.90. The number of fused-ring (bicyclic) bond motifs is 1. The van der Waals surface area contributed by atoms with Crippen LogP contribution in [0.4, 0.5) is 13.2 Å². The van der Waals surface area contributed by atoms with E-state index in [0.29, 0.717) is 0 Å². The van der Waals surface area contributed by atoms with Gasteiger partial charge in [0.15, 0.2) is 0 Å². The summed E-state index contributed by atoms with van der Waals surface area (Å²) in [5, 5.41) is 2.96. The molecule has 1 unspecified atom stereocenters. The summed E-state index contributed by atoms with van der Waals surface area (Å²) in [5.41, 5.74) is 1.72. The van der Waals surface area contributed by atoms with Crippen LogP contribution >= 0.6 is 0 Å². The summed E-state index contributed by atoms with van der Waals surface area (Å²) in [5.74, 6) is 0.837. The lowest BCUT2D eigenvalue weighted by Crippen LogP contribution is -2.24. The highest BCUT2D eigenvalue weighted by Crippen LogP contribution is 2.37. The fourth-order valence-corrected chi connectivity index (χ4v) is 2.63. The molecule has 2 rings (SSSR count). The van der Waals surface area contributed by atoms with E-state index in [2.05, 4.69) is 5.32 Å². The number of nitrogens with one attached hydrogen (secondary N) is 1. The van der Waals surface area contributed by atoms with Gasteiger partial charge >= 0.3 is 6.18 Å². The molecule has 1 aromatic carbocycles. The van der Waals surface area contributed by atoms with Crippen molar-refractivity contribution in [1.82, 2.24) is 5.32 Å². The molecule has 0 bridgehead atoms. The Morgan fingerprint density at radius 3 is 2.65 bits per heavy atom. The molecule has 0 aliphatic carbocycles. The molecule has 1 aliphatic rings. The SMILES string of the molecule is CNC(CCC(F)(F)F)c1ccc2c(c1)CC(C)(C)O2. The van der Waals surface area contributed by atoms with Gasteiger partial charge in [0.25, 0.3) is 0 Å². The maximum atomic E-state index is 12.3. The van der Waals surface area contributed by atoms with Gasteiger partial charge in [-0.25, -0.2) is 0 Å². The fraction of sp³-hybridized carbons (Fsp3) is 0.600. The Morgan fingerprint density at radius 2 is 2.05 bits per heavy atom. The number of rotatable bonds is 4. The molecule has 20 heavy (non-hydrogen) atoms. The first kappa shape index (κ1) is 15.2. The van der Waals surface area contributed by atoms with Gasteiger partial charge in [0.2, 0.25) is 0 Å². The second kappa shape index (κ2) is 5.28. The molecule has 1 aliphatic heterocycles. The van der Waals surface area contributed by atoms with E-state index < -0.39 is 12.6 Å². The second-order valence-corrected chi connectivity index (χ2v) is 5.90. The highest BCUT2D eigenvalue weighted by molar-refractivity contribution is 5.42. The monoisotopic (exact) mass is 287 g/mol. The Hall–Kier alpha value is -1.23. The highest BCUT2D eigenvalue weighted by atomic mass is 19.4. The number of hydrogen-bond acceptors (Lipinski definition) is 2. The van der Waals surface area contributed by atoms with Crippen molar-refractivity contribution in [3.05, 3.63) is 29.3 Å². The number of alkyl halides is 3. The average molecular weight is 287 g/mol. The molecule has 0 spiro atoms. The molecular weight excluding hydrogens is 267 g/mol. The summed E-state index contributed by atoms with van der Waals surface area (Å²) in [6.45, 7) is 4.01. The highest BCUT2D eigenvalue weighted by Gasteiger charge is 2.31. The van der Waals surface area contributed by atoms with Gasteiger partial charge in [0.05, 0.1) is 0 Å². The summed E-state index contributed by atoms with van der Waals surface area (Å²) in [6.07, 6.45) is -4.07. The summed E-state index contributed by atoms with van der Waals surface area (Å²) < 4.78 is 42.8. The van der Waals surface area contributed by atoms with Gasteiger partial charge in [-0.05, 0) is 44.5 Å². The van der Waals surface area contributed by atoms with E-state index in [0.717, 1.165) is 23.3 Å². The third-order valence-corrected chi connectivity index (χ3v) is 3.55. The largest absolute Gasteiger partial charge is 0.487 e. The van der Waals surface area contributed by atoms with Gasteiger partial charge in [-0.15, -0.1) is 0 Å². The van der Waals surface area contributed by atoms with Crippen LogP contribution in [0.15, 0.2) is 18.2 Å². The van der Waals surface area contributed by atoms with Crippen LogP contribution in [0.25, 0.3) is 0 Å². The molecule has 112 valence electrons. The molecule has 0 saturated carbocycles. The standard InChI is InChI=1S/C15H20F3NO/c1-14(2)9-11-8-10(4-5-13(11)20-14)12(19-3)6-7-15(16,17)18/h4-5,8,12,19H,6-7,9H2,1-3H3. The van der Waals surface area contributed by atoms with Crippen molar-refractivity contribution >= 4 is 0 Å². The van der Waals surface area contributed by atoms with E-state index in [1.165, 1.54) is 0 Å². The van der Waals surface area contributed by atoms with E-state index in [4.69, 9.17) is 4.74 Å². The molecule has 1 atom stereocenters. The van der Waals surface area contributed by atoms with Crippen LogP contribution in [0.2, 0.25) is 0 Å². The molecule has 1 aromatic rings. The van der Waals surface area contributed by atoms with Crippen LogP contribution < -0.4 is 10.1 Å². The van der Waals surface area contributed by atoms with Gasteiger partial charge in [-0.1, -0.05) is 12.1 Å². The minimum Gasteiger partial charge on any atom is -0.487 e. The lowest BCUT2D eigenvalue weighted by molar-refractivity contribution is -0.136. The number of benzene rings is 1. The summed E-state index contributed by atoms with van der Waals surface area (Å²) >= 11 is 0. The smallest absolute Gasteiger partial charge is 0.389 e. The van der Waals surface area contributed by atoms with Crippen LogP contribution in [0.5, 0.6) is 5.75 Å². The molecule has 2 nitrogen and oxygen atoms in total. The topological polar surface area (TPSA) is 21.3 Å². The van der Waals surface area contributed by atoms with Crippen LogP contribution in [0, 0.1) is 0 Å². The first-order chi connectivity index (χ1) is 9.20. The molecule has 0 amide bonds. The average Bonchev–Trinajstić information content (AvgIpc) is 2.61. The van der Waals surface area contributed by atoms with Crippen molar-refractivity contribution < 1.29 is 17.9 Å². The Morgan fingerprint density at radius 1 is 1.35 bits per heavy atom. The predicted molar refractivity (Wildman–Crippen MR) is 71.9 cm³/mol. The molecule has 0 aromatic heterocycles. The first-order valence-electron chi connectivity index (χ1n) is 6.76. The summed E-state index contributed by atoms with van der Waals surface area (Å²) in [4.78, 5) is 0. The maximum Gasteiger partial charge on any atom is 0.389 e. The zero-order valence-electron chi connectivity index (χ0n) is 12.0. The molecule has 1 heterocycles. The normalized spacial score (nSPS) is 18.5. The predicted octanol–water partition coefficient (Wildman–Crippen LogP) is 4.00. The Balaban J connectivity index is 2.13. The van der Waals surface area contributed by atoms with Crippen LogP contribution in [0.1, 0.15) is 43.9 Å². The molecular formula is C15H20F3NO. The molecule has 0 fully saturated rings. The zero-order valence-corrected chi connectivity index (χ0v) is 12.0. The fourth-order valence-electron chi connectivity index (χ4n) is 2.63. The van der Waals surface area contributed by atoms with Gasteiger partial charge in [0.1, 0.15) is 11.4 Å². The van der Waals surface area contributed by atoms with Gasteiger partial charge in [0, 0.05) is 18.9 Å². The number of halogens is 3. The third-order valence-electron chi connectivity index (χ3n) is 3.55. The Kier molecular flexibility index (Phi) is 4.00.